The summed E-state index contributed by atoms with van der Waals surface area (Å²) in [5.41, 5.74) is 2.89. The molecule has 3 heterocycles. The van der Waals surface area contributed by atoms with Crippen LogP contribution >= 0.6 is 11.3 Å². The Bertz CT molecular complexity index is 1190. The zero-order chi connectivity index (χ0) is 21.1. The molecule has 0 aliphatic heterocycles. The number of hydrogen-bond acceptors (Lipinski definition) is 6. The first-order valence-corrected chi connectivity index (χ1v) is 10.1. The highest BCUT2D eigenvalue weighted by molar-refractivity contribution is 7.15. The minimum Gasteiger partial charge on any atom is -0.455 e. The fourth-order valence-corrected chi connectivity index (χ4v) is 3.83. The molecular weight excluding hydrogens is 388 g/mol. The molecule has 3 rings (SSSR count). The van der Waals surface area contributed by atoms with Crippen LogP contribution in [0.15, 0.2) is 34.1 Å². The van der Waals surface area contributed by atoms with Gasteiger partial charge in [0.1, 0.15) is 18.2 Å². The second kappa shape index (κ2) is 8.45. The van der Waals surface area contributed by atoms with E-state index in [0.29, 0.717) is 16.6 Å². The van der Waals surface area contributed by atoms with Crippen LogP contribution in [-0.2, 0) is 22.7 Å². The largest absolute Gasteiger partial charge is 0.455 e. The molecule has 0 aliphatic rings. The van der Waals surface area contributed by atoms with Crippen molar-refractivity contribution < 1.29 is 9.53 Å². The highest BCUT2D eigenvalue weighted by Gasteiger charge is 2.15. The summed E-state index contributed by atoms with van der Waals surface area (Å²) in [4.78, 5) is 29.2. The zero-order valence-corrected chi connectivity index (χ0v) is 17.6. The van der Waals surface area contributed by atoms with Crippen molar-refractivity contribution in [1.29, 1.82) is 5.26 Å². The summed E-state index contributed by atoms with van der Waals surface area (Å²) in [6, 6.07) is 5.19. The van der Waals surface area contributed by atoms with Gasteiger partial charge in [-0.05, 0) is 37.5 Å². The molecule has 0 radical (unpaired) electrons. The van der Waals surface area contributed by atoms with Crippen LogP contribution in [0.3, 0.4) is 0 Å². The van der Waals surface area contributed by atoms with Gasteiger partial charge in [0.2, 0.25) is 0 Å². The molecule has 0 spiro atoms. The Labute approximate surface area is 172 Å². The van der Waals surface area contributed by atoms with Gasteiger partial charge in [0.25, 0.3) is 5.56 Å². The average molecular weight is 410 g/mol. The third kappa shape index (κ3) is 4.46. The predicted octanol–water partition coefficient (Wildman–Crippen LogP) is 3.48. The van der Waals surface area contributed by atoms with Crippen molar-refractivity contribution in [2.24, 2.45) is 5.92 Å². The molecule has 0 saturated heterocycles. The third-order valence-electron chi connectivity index (χ3n) is 4.51. The van der Waals surface area contributed by atoms with Crippen molar-refractivity contribution in [3.63, 3.8) is 0 Å². The van der Waals surface area contributed by atoms with Crippen LogP contribution in [0.4, 0.5) is 0 Å². The fourth-order valence-electron chi connectivity index (χ4n) is 3.09. The van der Waals surface area contributed by atoms with Gasteiger partial charge in [0, 0.05) is 35.6 Å². The summed E-state index contributed by atoms with van der Waals surface area (Å²) in [6.45, 7) is 8.94. The summed E-state index contributed by atoms with van der Waals surface area (Å²) in [5, 5.41) is 11.2. The summed E-state index contributed by atoms with van der Waals surface area (Å²) < 4.78 is 8.82. The minimum absolute atomic E-state index is 0.0938. The van der Waals surface area contributed by atoms with E-state index in [1.54, 1.807) is 17.7 Å². The molecule has 0 aliphatic carbocycles. The quantitative estimate of drug-likeness (QED) is 0.353. The van der Waals surface area contributed by atoms with Crippen molar-refractivity contribution >= 4 is 28.3 Å². The number of fused-ring (bicyclic) bond motifs is 1. The molecule has 7 nitrogen and oxygen atoms in total. The van der Waals surface area contributed by atoms with Crippen LogP contribution in [0, 0.1) is 31.1 Å². The van der Waals surface area contributed by atoms with Crippen LogP contribution in [0.5, 0.6) is 0 Å². The molecule has 29 heavy (non-hydrogen) atoms. The lowest BCUT2D eigenvalue weighted by molar-refractivity contribution is -0.139. The van der Waals surface area contributed by atoms with E-state index in [9.17, 15) is 14.9 Å². The van der Waals surface area contributed by atoms with E-state index in [2.05, 4.69) is 23.4 Å². The van der Waals surface area contributed by atoms with Crippen LogP contribution in [0.25, 0.3) is 11.0 Å². The number of ether oxygens (including phenoxy) is 1. The van der Waals surface area contributed by atoms with E-state index in [0.717, 1.165) is 23.5 Å². The molecule has 0 atom stereocenters. The summed E-state index contributed by atoms with van der Waals surface area (Å²) >= 11 is 1.32. The Hall–Kier alpha value is -3.18. The van der Waals surface area contributed by atoms with Gasteiger partial charge in [-0.15, -0.1) is 11.3 Å². The highest BCUT2D eigenvalue weighted by Crippen LogP contribution is 2.20. The Morgan fingerprint density at radius 1 is 1.38 bits per heavy atom. The number of aromatic nitrogens is 3. The average Bonchev–Trinajstić information content (AvgIpc) is 3.24. The summed E-state index contributed by atoms with van der Waals surface area (Å²) in [7, 11) is 0. The summed E-state index contributed by atoms with van der Waals surface area (Å²) in [6.07, 6.45) is 3.18. The van der Waals surface area contributed by atoms with Gasteiger partial charge in [0.15, 0.2) is 4.96 Å². The fraction of sp³-hybridized carbons (Fsp3) is 0.333. The van der Waals surface area contributed by atoms with Crippen LogP contribution < -0.4 is 5.56 Å². The monoisotopic (exact) mass is 410 g/mol. The van der Waals surface area contributed by atoms with E-state index >= 15 is 0 Å². The van der Waals surface area contributed by atoms with Crippen LogP contribution in [-0.4, -0.2) is 19.9 Å². The van der Waals surface area contributed by atoms with Gasteiger partial charge < -0.3 is 9.30 Å². The van der Waals surface area contributed by atoms with Crippen LogP contribution in [0.1, 0.15) is 36.5 Å². The molecular formula is C21H22N4O3S. The number of carbonyl (C=O) groups is 1. The number of thiazole rings is 1. The number of rotatable bonds is 6. The molecule has 8 heteroatoms. The van der Waals surface area contributed by atoms with Crippen molar-refractivity contribution in [3.8, 4) is 6.07 Å². The first-order chi connectivity index (χ1) is 13.8. The Balaban J connectivity index is 1.78. The number of aryl methyl sites for hydroxylation is 1. The molecule has 0 amide bonds. The van der Waals surface area contributed by atoms with Crippen molar-refractivity contribution in [2.45, 2.75) is 40.8 Å². The molecule has 0 bridgehead atoms. The molecule has 0 aromatic carbocycles. The lowest BCUT2D eigenvalue weighted by atomic mass is 10.1. The zero-order valence-electron chi connectivity index (χ0n) is 16.8. The molecule has 0 N–H and O–H groups in total. The maximum Gasteiger partial charge on any atom is 0.349 e. The third-order valence-corrected chi connectivity index (χ3v) is 5.26. The first-order valence-electron chi connectivity index (χ1n) is 9.21. The summed E-state index contributed by atoms with van der Waals surface area (Å²) in [5.74, 6) is -0.261. The maximum absolute atomic E-state index is 12.4. The molecule has 3 aromatic heterocycles. The standard InChI is InChI=1S/C21H22N4O3S/c1-13(2)11-25-14(3)7-16(15(25)4)8-17(10-22)20(27)28-12-18-9-19(26)24-5-6-29-21(24)23-18/h5-9,13H,11-12H2,1-4H3/b17-8+. The Morgan fingerprint density at radius 3 is 2.83 bits per heavy atom. The highest BCUT2D eigenvalue weighted by atomic mass is 32.1. The lowest BCUT2D eigenvalue weighted by Crippen LogP contribution is -2.15. The van der Waals surface area contributed by atoms with Gasteiger partial charge in [0.05, 0.1) is 5.69 Å². The predicted molar refractivity (Wildman–Crippen MR) is 111 cm³/mol. The Kier molecular flexibility index (Phi) is 5.99. The van der Waals surface area contributed by atoms with E-state index in [4.69, 9.17) is 4.74 Å². The van der Waals surface area contributed by atoms with E-state index in [1.165, 1.54) is 21.8 Å². The van der Waals surface area contributed by atoms with E-state index < -0.39 is 5.97 Å². The minimum atomic E-state index is -0.741. The van der Waals surface area contributed by atoms with Crippen molar-refractivity contribution in [3.05, 3.63) is 62.3 Å². The van der Waals surface area contributed by atoms with Crippen molar-refractivity contribution in [1.82, 2.24) is 14.0 Å². The number of carbonyl (C=O) groups excluding carboxylic acids is 1. The topological polar surface area (TPSA) is 89.4 Å². The molecule has 0 unspecified atom stereocenters. The number of nitriles is 1. The Morgan fingerprint density at radius 2 is 2.14 bits per heavy atom. The van der Waals surface area contributed by atoms with Gasteiger partial charge in [-0.1, -0.05) is 13.8 Å². The van der Waals surface area contributed by atoms with Gasteiger partial charge in [-0.3, -0.25) is 9.20 Å². The second-order valence-electron chi connectivity index (χ2n) is 7.22. The second-order valence-corrected chi connectivity index (χ2v) is 8.09. The number of esters is 1. The van der Waals surface area contributed by atoms with E-state index in [-0.39, 0.29) is 17.7 Å². The normalized spacial score (nSPS) is 11.8. The SMILES string of the molecule is Cc1cc(/C=C(\C#N)C(=O)OCc2cc(=O)n3ccsc3n2)c(C)n1CC(C)C. The molecule has 3 aromatic rings. The van der Waals surface area contributed by atoms with Gasteiger partial charge in [-0.2, -0.15) is 5.26 Å². The lowest BCUT2D eigenvalue weighted by Gasteiger charge is -2.12. The van der Waals surface area contributed by atoms with Gasteiger partial charge >= 0.3 is 5.97 Å². The number of hydrogen-bond donors (Lipinski definition) is 0. The molecule has 0 fully saturated rings. The maximum atomic E-state index is 12.4. The first kappa shape index (κ1) is 20.6. The smallest absolute Gasteiger partial charge is 0.349 e. The molecule has 0 saturated carbocycles. The van der Waals surface area contributed by atoms with Crippen LogP contribution in [0.2, 0.25) is 0 Å². The van der Waals surface area contributed by atoms with E-state index in [1.807, 2.05) is 26.0 Å². The van der Waals surface area contributed by atoms with Gasteiger partial charge in [-0.25, -0.2) is 9.78 Å². The van der Waals surface area contributed by atoms with Crippen molar-refractivity contribution in [2.75, 3.05) is 0 Å². The number of nitrogens with zero attached hydrogens (tertiary/aromatic N) is 4. The molecule has 150 valence electrons.